The number of hydrogen-bond acceptors (Lipinski definition) is 11. The van der Waals surface area contributed by atoms with Gasteiger partial charge < -0.3 is 30.8 Å². The highest BCUT2D eigenvalue weighted by Gasteiger charge is 2.45. The van der Waals surface area contributed by atoms with E-state index in [0.717, 1.165) is 17.7 Å². The molecule has 3 heterocycles. The number of thiophene rings is 1. The largest absolute Gasteiger partial charge is 0.444 e. The van der Waals surface area contributed by atoms with E-state index in [4.69, 9.17) is 32.6 Å². The maximum atomic E-state index is 13.2. The number of ether oxygens (including phenoxy) is 1. The third kappa shape index (κ3) is 5.93. The van der Waals surface area contributed by atoms with Crippen molar-refractivity contribution in [1.82, 2.24) is 14.9 Å². The van der Waals surface area contributed by atoms with Crippen LogP contribution in [0.15, 0.2) is 11.2 Å². The molecule has 0 unspecified atom stereocenters. The number of fused-ring (bicyclic) bond motifs is 1. The minimum atomic E-state index is -1.09. The molecular weight excluding hydrogens is 556 g/mol. The van der Waals surface area contributed by atoms with E-state index < -0.39 is 17.0 Å². The predicted molar refractivity (Wildman–Crippen MR) is 152 cm³/mol. The van der Waals surface area contributed by atoms with Crippen LogP contribution < -0.4 is 16.4 Å². The van der Waals surface area contributed by atoms with Gasteiger partial charge in [0.1, 0.15) is 28.2 Å². The molecule has 0 saturated carbocycles. The van der Waals surface area contributed by atoms with E-state index >= 15 is 0 Å². The van der Waals surface area contributed by atoms with Crippen LogP contribution in [0.4, 0.5) is 15.6 Å². The van der Waals surface area contributed by atoms with E-state index in [-0.39, 0.29) is 28.9 Å². The van der Waals surface area contributed by atoms with Gasteiger partial charge in [0.25, 0.3) is 0 Å². The van der Waals surface area contributed by atoms with Gasteiger partial charge in [-0.05, 0) is 65.5 Å². The van der Waals surface area contributed by atoms with Crippen molar-refractivity contribution in [3.05, 3.63) is 33.0 Å². The van der Waals surface area contributed by atoms with E-state index in [9.17, 15) is 14.9 Å². The molecule has 2 aliphatic rings. The van der Waals surface area contributed by atoms with Crippen LogP contribution in [0.2, 0.25) is 5.28 Å². The maximum absolute atomic E-state index is 13.2. The lowest BCUT2D eigenvalue weighted by Crippen LogP contribution is -2.55. The molecule has 2 aromatic rings. The number of oxime groups is 1. The number of carbonyl (C=O) groups excluding carboxylic acids is 2. The summed E-state index contributed by atoms with van der Waals surface area (Å²) in [5, 5.41) is 13.8. The molecule has 1 amide bonds. The fourth-order valence-corrected chi connectivity index (χ4v) is 6.36. The van der Waals surface area contributed by atoms with Gasteiger partial charge >= 0.3 is 12.1 Å². The summed E-state index contributed by atoms with van der Waals surface area (Å²) in [4.78, 5) is 44.1. The van der Waals surface area contributed by atoms with Gasteiger partial charge in [-0.3, -0.25) is 0 Å². The molecule has 0 radical (unpaired) electrons. The summed E-state index contributed by atoms with van der Waals surface area (Å²) in [7, 11) is 0. The number of amides is 1. The zero-order chi connectivity index (χ0) is 29.4. The SMILES string of the molecule is C[C@@H]1CN(c2cc(/C(N)=N/OC(=O)[C@@]3(C)CCCc4sc(N)c(C#N)c43)nc(Cl)n2)CCN1C(=O)OC(C)(C)C. The standard InChI is InChI=1S/C26H33ClN8O4S/c1-14-13-34(9-10-35(14)24(37)38-25(2,3)4)18-11-16(31-23(27)32-18)20(29)33-39-22(36)26(5)8-6-7-17-19(26)15(12-28)21(30)40-17/h11,14H,6-10,13,30H2,1-5H3,(H2,29,33)/t14-,26+/m1/s1. The van der Waals surface area contributed by atoms with Crippen LogP contribution in [0.25, 0.3) is 0 Å². The highest BCUT2D eigenvalue weighted by molar-refractivity contribution is 7.16. The number of aryl methyl sites for hydroxylation is 1. The van der Waals surface area contributed by atoms with Crippen molar-refractivity contribution >= 4 is 51.7 Å². The fourth-order valence-electron chi connectivity index (χ4n) is 4.99. The zero-order valence-electron chi connectivity index (χ0n) is 23.2. The molecule has 14 heteroatoms. The first kappa shape index (κ1) is 29.4. The van der Waals surface area contributed by atoms with E-state index in [1.807, 2.05) is 32.6 Å². The number of nitriles is 1. The first-order chi connectivity index (χ1) is 18.7. The molecule has 2 aromatic heterocycles. The van der Waals surface area contributed by atoms with Crippen molar-refractivity contribution in [1.29, 1.82) is 5.26 Å². The Morgan fingerprint density at radius 2 is 2.05 bits per heavy atom. The van der Waals surface area contributed by atoms with Crippen molar-refractivity contribution in [3.63, 3.8) is 0 Å². The van der Waals surface area contributed by atoms with Crippen molar-refractivity contribution in [2.24, 2.45) is 10.9 Å². The number of aromatic nitrogens is 2. The maximum Gasteiger partial charge on any atom is 0.410 e. The van der Waals surface area contributed by atoms with Crippen LogP contribution >= 0.6 is 22.9 Å². The normalized spacial score (nSPS) is 21.4. The number of carbonyl (C=O) groups is 2. The van der Waals surface area contributed by atoms with E-state index in [1.165, 1.54) is 11.3 Å². The molecule has 4 rings (SSSR count). The van der Waals surface area contributed by atoms with E-state index in [1.54, 1.807) is 17.9 Å². The third-order valence-corrected chi connectivity index (χ3v) is 8.20. The Hall–Kier alpha value is -3.63. The molecule has 4 N–H and O–H groups in total. The van der Waals surface area contributed by atoms with Gasteiger partial charge in [0, 0.05) is 42.2 Å². The second-order valence-electron chi connectivity index (χ2n) is 11.1. The van der Waals surface area contributed by atoms with Gasteiger partial charge in [-0.25, -0.2) is 19.6 Å². The summed E-state index contributed by atoms with van der Waals surface area (Å²) in [6.45, 7) is 10.5. The van der Waals surface area contributed by atoms with Gasteiger partial charge in [0.15, 0.2) is 5.84 Å². The smallest absolute Gasteiger partial charge is 0.410 e. The van der Waals surface area contributed by atoms with Crippen LogP contribution in [0.3, 0.4) is 0 Å². The zero-order valence-corrected chi connectivity index (χ0v) is 24.7. The lowest BCUT2D eigenvalue weighted by molar-refractivity contribution is -0.150. The number of halogens is 1. The Balaban J connectivity index is 1.49. The first-order valence-corrected chi connectivity index (χ1v) is 14.1. The topological polar surface area (TPSA) is 173 Å². The van der Waals surface area contributed by atoms with Crippen LogP contribution in [-0.2, 0) is 26.2 Å². The molecule has 0 aromatic carbocycles. The molecule has 1 saturated heterocycles. The summed E-state index contributed by atoms with van der Waals surface area (Å²) < 4.78 is 5.52. The summed E-state index contributed by atoms with van der Waals surface area (Å²) in [6.07, 6.45) is 1.60. The Morgan fingerprint density at radius 3 is 2.70 bits per heavy atom. The van der Waals surface area contributed by atoms with Gasteiger partial charge in [-0.1, -0.05) is 5.16 Å². The molecule has 0 spiro atoms. The average molecular weight is 589 g/mol. The highest BCUT2D eigenvalue weighted by Crippen LogP contribution is 2.46. The number of piperazine rings is 1. The number of nitrogens with two attached hydrogens (primary N) is 2. The highest BCUT2D eigenvalue weighted by atomic mass is 35.5. The molecule has 2 atom stereocenters. The van der Waals surface area contributed by atoms with Crippen molar-refractivity contribution in [2.45, 2.75) is 70.9 Å². The van der Waals surface area contributed by atoms with Crippen molar-refractivity contribution in [2.75, 3.05) is 30.3 Å². The second-order valence-corrected chi connectivity index (χ2v) is 12.6. The third-order valence-electron chi connectivity index (χ3n) is 6.96. The second kappa shape index (κ2) is 11.1. The minimum absolute atomic E-state index is 0.0597. The van der Waals surface area contributed by atoms with E-state index in [0.29, 0.717) is 48.0 Å². The van der Waals surface area contributed by atoms with Gasteiger partial charge in [-0.15, -0.1) is 11.3 Å². The molecule has 40 heavy (non-hydrogen) atoms. The number of nitrogens with zero attached hydrogens (tertiary/aromatic N) is 6. The Bertz CT molecular complexity index is 1400. The van der Waals surface area contributed by atoms with E-state index in [2.05, 4.69) is 21.2 Å². The van der Waals surface area contributed by atoms with Gasteiger partial charge in [0.2, 0.25) is 5.28 Å². The van der Waals surface area contributed by atoms with Crippen LogP contribution in [0, 0.1) is 11.3 Å². The summed E-state index contributed by atoms with van der Waals surface area (Å²) in [6, 6.07) is 3.57. The Morgan fingerprint density at radius 1 is 1.32 bits per heavy atom. The quantitative estimate of drug-likeness (QED) is 0.177. The first-order valence-electron chi connectivity index (χ1n) is 12.9. The average Bonchev–Trinajstić information content (AvgIpc) is 3.21. The van der Waals surface area contributed by atoms with Gasteiger partial charge in [-0.2, -0.15) is 5.26 Å². The lowest BCUT2D eigenvalue weighted by Gasteiger charge is -2.40. The van der Waals surface area contributed by atoms with Crippen LogP contribution in [0.5, 0.6) is 0 Å². The van der Waals surface area contributed by atoms with Crippen molar-refractivity contribution in [3.8, 4) is 6.07 Å². The van der Waals surface area contributed by atoms with Crippen molar-refractivity contribution < 1.29 is 19.2 Å². The Labute approximate surface area is 241 Å². The lowest BCUT2D eigenvalue weighted by atomic mass is 9.72. The molecular formula is C26H33ClN8O4S. The molecule has 0 bridgehead atoms. The number of hydrogen-bond donors (Lipinski definition) is 2. The summed E-state index contributed by atoms with van der Waals surface area (Å²) in [5.74, 6) is -0.311. The molecule has 1 fully saturated rings. The van der Waals surface area contributed by atoms with Gasteiger partial charge in [0.05, 0.1) is 11.0 Å². The number of amidine groups is 1. The minimum Gasteiger partial charge on any atom is -0.444 e. The monoisotopic (exact) mass is 588 g/mol. The molecule has 12 nitrogen and oxygen atoms in total. The fraction of sp³-hybridized carbons (Fsp3) is 0.538. The summed E-state index contributed by atoms with van der Waals surface area (Å²) >= 11 is 7.53. The number of rotatable bonds is 4. The number of anilines is 2. The Kier molecular flexibility index (Phi) is 8.14. The molecule has 1 aliphatic heterocycles. The molecule has 214 valence electrons. The number of nitrogen functional groups attached to an aromatic ring is 1. The summed E-state index contributed by atoms with van der Waals surface area (Å²) in [5.41, 5.74) is 11.6. The molecule has 1 aliphatic carbocycles. The van der Waals surface area contributed by atoms with Crippen LogP contribution in [0.1, 0.15) is 69.2 Å². The predicted octanol–water partition coefficient (Wildman–Crippen LogP) is 3.55. The van der Waals surface area contributed by atoms with Crippen LogP contribution in [-0.4, -0.2) is 64.0 Å².